The molecule has 0 N–H and O–H groups in total. The summed E-state index contributed by atoms with van der Waals surface area (Å²) in [5.41, 5.74) is -1.33. The second kappa shape index (κ2) is 3.68. The number of esters is 1. The maximum absolute atomic E-state index is 11.6. The third-order valence-electron chi connectivity index (χ3n) is 4.98. The molecule has 0 aromatic rings. The molecule has 4 aliphatic rings. The topological polar surface area (TPSA) is 69.4 Å². The van der Waals surface area contributed by atoms with Gasteiger partial charge in [0.05, 0.1) is 6.42 Å². The van der Waals surface area contributed by atoms with Crippen LogP contribution in [0.4, 0.5) is 0 Å². The fraction of sp³-hybridized carbons (Fsp3) is 0.923. The molecule has 4 saturated carbocycles. The van der Waals surface area contributed by atoms with Gasteiger partial charge in [0, 0.05) is 24.2 Å². The normalized spacial score (nSPS) is 44.9. The standard InChI is InChI=1S/C13H19NO4/c1-2-11(15)18-13-6-9-3-10(7-13)5-12(4-9,8-13)14(16)17/h9-10H,2-8H2,1H3. The number of ether oxygens (including phenoxy) is 1. The molecular formula is C13H19NO4. The second-order valence-electron chi connectivity index (χ2n) is 6.45. The van der Waals surface area contributed by atoms with Gasteiger partial charge in [-0.05, 0) is 31.1 Å². The highest BCUT2D eigenvalue weighted by atomic mass is 16.6. The molecule has 100 valence electrons. The largest absolute Gasteiger partial charge is 0.459 e. The number of carbonyl (C=O) groups excluding carboxylic acids is 1. The molecule has 5 heteroatoms. The minimum Gasteiger partial charge on any atom is -0.459 e. The van der Waals surface area contributed by atoms with Crippen molar-refractivity contribution in [1.29, 1.82) is 0 Å². The van der Waals surface area contributed by atoms with Crippen LogP contribution in [0, 0.1) is 22.0 Å². The van der Waals surface area contributed by atoms with Crippen molar-refractivity contribution in [3.63, 3.8) is 0 Å². The summed E-state index contributed by atoms with van der Waals surface area (Å²) in [6.45, 7) is 1.77. The maximum atomic E-state index is 11.6. The van der Waals surface area contributed by atoms with E-state index in [1.165, 1.54) is 0 Å². The predicted molar refractivity (Wildman–Crippen MR) is 63.5 cm³/mol. The van der Waals surface area contributed by atoms with Crippen LogP contribution >= 0.6 is 0 Å². The van der Waals surface area contributed by atoms with E-state index in [2.05, 4.69) is 0 Å². The van der Waals surface area contributed by atoms with Gasteiger partial charge in [-0.1, -0.05) is 6.92 Å². The molecule has 2 atom stereocenters. The molecule has 4 bridgehead atoms. The molecule has 4 rings (SSSR count). The Morgan fingerprint density at radius 3 is 2.44 bits per heavy atom. The van der Waals surface area contributed by atoms with Crippen LogP contribution in [0.1, 0.15) is 51.9 Å². The lowest BCUT2D eigenvalue weighted by Gasteiger charge is -2.56. The lowest BCUT2D eigenvalue weighted by Crippen LogP contribution is -2.63. The molecule has 0 saturated heterocycles. The number of nitro groups is 1. The second-order valence-corrected chi connectivity index (χ2v) is 6.45. The highest BCUT2D eigenvalue weighted by Gasteiger charge is 2.65. The van der Waals surface area contributed by atoms with Gasteiger partial charge in [-0.2, -0.15) is 0 Å². The third kappa shape index (κ3) is 1.63. The first-order chi connectivity index (χ1) is 8.47. The van der Waals surface area contributed by atoms with Gasteiger partial charge in [-0.25, -0.2) is 0 Å². The van der Waals surface area contributed by atoms with Crippen LogP contribution < -0.4 is 0 Å². The van der Waals surface area contributed by atoms with E-state index in [4.69, 9.17) is 4.74 Å². The fourth-order valence-electron chi connectivity index (χ4n) is 4.78. The number of rotatable bonds is 3. The van der Waals surface area contributed by atoms with Crippen molar-refractivity contribution in [1.82, 2.24) is 0 Å². The molecule has 4 fully saturated rings. The average molecular weight is 253 g/mol. The van der Waals surface area contributed by atoms with Gasteiger partial charge >= 0.3 is 5.97 Å². The number of hydrogen-bond acceptors (Lipinski definition) is 4. The summed E-state index contributed by atoms with van der Waals surface area (Å²) in [5.74, 6) is 0.540. The van der Waals surface area contributed by atoms with Crippen LogP contribution in [0.15, 0.2) is 0 Å². The fourth-order valence-corrected chi connectivity index (χ4v) is 4.78. The van der Waals surface area contributed by atoms with Crippen molar-refractivity contribution >= 4 is 5.97 Å². The van der Waals surface area contributed by atoms with Gasteiger partial charge < -0.3 is 4.74 Å². The van der Waals surface area contributed by atoms with E-state index in [1.807, 2.05) is 0 Å². The molecule has 0 aliphatic heterocycles. The zero-order chi connectivity index (χ0) is 13.0. The molecule has 0 radical (unpaired) electrons. The van der Waals surface area contributed by atoms with Crippen molar-refractivity contribution in [3.8, 4) is 0 Å². The average Bonchev–Trinajstić information content (AvgIpc) is 2.26. The smallest absolute Gasteiger partial charge is 0.306 e. The Labute approximate surface area is 106 Å². The van der Waals surface area contributed by atoms with Gasteiger partial charge in [-0.15, -0.1) is 0 Å². The Bertz CT molecular complexity index is 392. The Hall–Kier alpha value is -1.13. The summed E-state index contributed by atoms with van der Waals surface area (Å²) < 4.78 is 5.63. The predicted octanol–water partition coefficient (Wildman–Crippen LogP) is 2.31. The zero-order valence-corrected chi connectivity index (χ0v) is 10.7. The van der Waals surface area contributed by atoms with Crippen molar-refractivity contribution in [3.05, 3.63) is 10.1 Å². The van der Waals surface area contributed by atoms with E-state index in [-0.39, 0.29) is 10.9 Å². The van der Waals surface area contributed by atoms with Crippen molar-refractivity contribution in [2.24, 2.45) is 11.8 Å². The molecule has 0 spiro atoms. The van der Waals surface area contributed by atoms with Crippen molar-refractivity contribution in [2.45, 2.75) is 63.0 Å². The van der Waals surface area contributed by atoms with Gasteiger partial charge in [0.1, 0.15) is 5.60 Å². The van der Waals surface area contributed by atoms with E-state index in [0.29, 0.717) is 37.5 Å². The monoisotopic (exact) mass is 253 g/mol. The van der Waals surface area contributed by atoms with Crippen LogP contribution in [-0.4, -0.2) is 22.0 Å². The van der Waals surface area contributed by atoms with Crippen molar-refractivity contribution in [2.75, 3.05) is 0 Å². The van der Waals surface area contributed by atoms with Crippen molar-refractivity contribution < 1.29 is 14.5 Å². The first kappa shape index (κ1) is 11.9. The van der Waals surface area contributed by atoms with Crippen LogP contribution in [0.5, 0.6) is 0 Å². The van der Waals surface area contributed by atoms with Crippen LogP contribution in [0.2, 0.25) is 0 Å². The van der Waals surface area contributed by atoms with E-state index in [9.17, 15) is 14.9 Å². The summed E-state index contributed by atoms with van der Waals surface area (Å²) in [4.78, 5) is 22.9. The minimum absolute atomic E-state index is 0.0982. The summed E-state index contributed by atoms with van der Waals surface area (Å²) in [6, 6.07) is 0. The summed E-state index contributed by atoms with van der Waals surface area (Å²) in [5, 5.41) is 11.4. The molecule has 18 heavy (non-hydrogen) atoms. The van der Waals surface area contributed by atoms with E-state index >= 15 is 0 Å². The SMILES string of the molecule is CCC(=O)OC12CC3CC(C1)CC([N+](=O)[O-])(C3)C2. The van der Waals surface area contributed by atoms with E-state index in [0.717, 1.165) is 19.3 Å². The third-order valence-corrected chi connectivity index (χ3v) is 4.98. The quantitative estimate of drug-likeness (QED) is 0.439. The minimum atomic E-state index is -0.807. The summed E-state index contributed by atoms with van der Waals surface area (Å²) in [7, 11) is 0. The molecule has 2 unspecified atom stereocenters. The van der Waals surface area contributed by atoms with Gasteiger partial charge in [-0.3, -0.25) is 14.9 Å². The zero-order valence-electron chi connectivity index (χ0n) is 10.7. The van der Waals surface area contributed by atoms with Crippen LogP contribution in [0.25, 0.3) is 0 Å². The molecule has 4 aliphatic carbocycles. The van der Waals surface area contributed by atoms with Gasteiger partial charge in [0.25, 0.3) is 0 Å². The molecule has 5 nitrogen and oxygen atoms in total. The van der Waals surface area contributed by atoms with Crippen LogP contribution in [0.3, 0.4) is 0 Å². The number of hydrogen-bond donors (Lipinski definition) is 0. The van der Waals surface area contributed by atoms with E-state index < -0.39 is 11.1 Å². The Balaban J connectivity index is 1.89. The molecule has 0 aromatic heterocycles. The maximum Gasteiger partial charge on any atom is 0.306 e. The highest BCUT2D eigenvalue weighted by Crippen LogP contribution is 2.59. The summed E-state index contributed by atoms with van der Waals surface area (Å²) in [6.07, 6.45) is 4.91. The summed E-state index contributed by atoms with van der Waals surface area (Å²) >= 11 is 0. The Morgan fingerprint density at radius 2 is 1.94 bits per heavy atom. The Kier molecular flexibility index (Phi) is 2.44. The lowest BCUT2D eigenvalue weighted by molar-refractivity contribution is -0.592. The molecule has 0 heterocycles. The number of nitrogens with zero attached hydrogens (tertiary/aromatic N) is 1. The lowest BCUT2D eigenvalue weighted by atomic mass is 9.51. The Morgan fingerprint density at radius 1 is 1.33 bits per heavy atom. The van der Waals surface area contributed by atoms with Gasteiger partial charge in [0.15, 0.2) is 0 Å². The first-order valence-corrected chi connectivity index (χ1v) is 6.83. The highest BCUT2D eigenvalue weighted by molar-refractivity contribution is 5.69. The molecule has 0 aromatic carbocycles. The molecular weight excluding hydrogens is 234 g/mol. The number of carbonyl (C=O) groups is 1. The van der Waals surface area contributed by atoms with Gasteiger partial charge in [0.2, 0.25) is 5.54 Å². The van der Waals surface area contributed by atoms with E-state index in [1.54, 1.807) is 6.92 Å². The first-order valence-electron chi connectivity index (χ1n) is 6.83. The van der Waals surface area contributed by atoms with Crippen LogP contribution in [-0.2, 0) is 9.53 Å². The molecule has 0 amide bonds.